The van der Waals surface area contributed by atoms with Gasteiger partial charge in [0.05, 0.1) is 0 Å². The maximum absolute atomic E-state index is 10.8. The van der Waals surface area contributed by atoms with E-state index in [1.54, 1.807) is 0 Å². The third-order valence-electron chi connectivity index (χ3n) is 3.15. The van der Waals surface area contributed by atoms with Crippen LogP contribution in [0.2, 0.25) is 0 Å². The number of carboxylic acids is 1. The van der Waals surface area contributed by atoms with Crippen molar-refractivity contribution in [2.75, 3.05) is 20.1 Å². The molecular formula is C13H27NO3. The largest absolute Gasteiger partial charge is 0.479 e. The van der Waals surface area contributed by atoms with E-state index < -0.39 is 11.6 Å². The number of aliphatic hydroxyl groups is 1. The second-order valence-electron chi connectivity index (χ2n) is 5.19. The van der Waals surface area contributed by atoms with Crippen LogP contribution in [-0.2, 0) is 4.79 Å². The Hall–Kier alpha value is -0.610. The van der Waals surface area contributed by atoms with Crippen LogP contribution in [-0.4, -0.2) is 46.8 Å². The average Bonchev–Trinajstić information content (AvgIpc) is 2.23. The number of likely N-dealkylation sites (N-methyl/N-ethyl adjacent to an activating group) is 1. The van der Waals surface area contributed by atoms with Gasteiger partial charge >= 0.3 is 5.97 Å². The summed E-state index contributed by atoms with van der Waals surface area (Å²) in [5, 5.41) is 18.5. The normalized spacial score (nSPS) is 16.8. The summed E-state index contributed by atoms with van der Waals surface area (Å²) in [6.07, 6.45) is 4.67. The lowest BCUT2D eigenvalue weighted by Gasteiger charge is -2.28. The van der Waals surface area contributed by atoms with Crippen molar-refractivity contribution in [3.8, 4) is 0 Å². The maximum atomic E-state index is 10.8. The highest BCUT2D eigenvalue weighted by molar-refractivity contribution is 5.76. The Morgan fingerprint density at radius 1 is 1.41 bits per heavy atom. The van der Waals surface area contributed by atoms with E-state index in [-0.39, 0.29) is 6.54 Å². The second kappa shape index (κ2) is 7.67. The SMILES string of the molecule is CCCCC(CC)CN(C)CC(C)(O)C(=O)O. The van der Waals surface area contributed by atoms with E-state index in [2.05, 4.69) is 13.8 Å². The number of nitrogens with zero attached hydrogens (tertiary/aromatic N) is 1. The van der Waals surface area contributed by atoms with E-state index in [0.29, 0.717) is 5.92 Å². The van der Waals surface area contributed by atoms with Crippen molar-refractivity contribution >= 4 is 5.97 Å². The average molecular weight is 245 g/mol. The highest BCUT2D eigenvalue weighted by Crippen LogP contribution is 2.15. The monoisotopic (exact) mass is 245 g/mol. The summed E-state index contributed by atoms with van der Waals surface area (Å²) in [7, 11) is 1.87. The van der Waals surface area contributed by atoms with Crippen molar-refractivity contribution in [1.82, 2.24) is 4.90 Å². The predicted molar refractivity (Wildman–Crippen MR) is 69.1 cm³/mol. The molecule has 0 fully saturated rings. The fraction of sp³-hybridized carbons (Fsp3) is 0.923. The first-order valence-corrected chi connectivity index (χ1v) is 6.47. The number of aliphatic carboxylic acids is 1. The van der Waals surface area contributed by atoms with Crippen LogP contribution in [0.3, 0.4) is 0 Å². The summed E-state index contributed by atoms with van der Waals surface area (Å²) in [5.41, 5.74) is -1.65. The van der Waals surface area contributed by atoms with Gasteiger partial charge in [-0.3, -0.25) is 0 Å². The topological polar surface area (TPSA) is 60.8 Å². The van der Waals surface area contributed by atoms with Gasteiger partial charge < -0.3 is 15.1 Å². The highest BCUT2D eigenvalue weighted by atomic mass is 16.4. The molecule has 0 rings (SSSR count). The Morgan fingerprint density at radius 3 is 2.41 bits per heavy atom. The van der Waals surface area contributed by atoms with Gasteiger partial charge in [0.25, 0.3) is 0 Å². The van der Waals surface area contributed by atoms with Crippen LogP contribution in [0.25, 0.3) is 0 Å². The first kappa shape index (κ1) is 16.4. The van der Waals surface area contributed by atoms with Crippen molar-refractivity contribution < 1.29 is 15.0 Å². The van der Waals surface area contributed by atoms with Crippen LogP contribution < -0.4 is 0 Å². The number of unbranched alkanes of at least 4 members (excludes halogenated alkanes) is 1. The molecule has 0 heterocycles. The number of hydrogen-bond donors (Lipinski definition) is 2. The quantitative estimate of drug-likeness (QED) is 0.652. The third-order valence-corrected chi connectivity index (χ3v) is 3.15. The molecular weight excluding hydrogens is 218 g/mol. The van der Waals surface area contributed by atoms with E-state index in [4.69, 9.17) is 5.11 Å². The van der Waals surface area contributed by atoms with E-state index >= 15 is 0 Å². The molecule has 102 valence electrons. The summed E-state index contributed by atoms with van der Waals surface area (Å²) in [6.45, 7) is 6.69. The molecule has 2 atom stereocenters. The van der Waals surface area contributed by atoms with Gasteiger partial charge in [-0.05, 0) is 26.3 Å². The lowest BCUT2D eigenvalue weighted by Crippen LogP contribution is -2.46. The molecule has 0 aromatic rings. The zero-order chi connectivity index (χ0) is 13.5. The summed E-state index contributed by atoms with van der Waals surface area (Å²) in [4.78, 5) is 12.7. The molecule has 4 nitrogen and oxygen atoms in total. The summed E-state index contributed by atoms with van der Waals surface area (Å²) < 4.78 is 0. The fourth-order valence-electron chi connectivity index (χ4n) is 2.02. The lowest BCUT2D eigenvalue weighted by atomic mass is 9.98. The van der Waals surface area contributed by atoms with Crippen LogP contribution in [0.15, 0.2) is 0 Å². The van der Waals surface area contributed by atoms with E-state index in [0.717, 1.165) is 13.0 Å². The molecule has 2 N–H and O–H groups in total. The van der Waals surface area contributed by atoms with Crippen molar-refractivity contribution in [1.29, 1.82) is 0 Å². The molecule has 0 saturated carbocycles. The van der Waals surface area contributed by atoms with Crippen molar-refractivity contribution in [2.45, 2.75) is 52.1 Å². The van der Waals surface area contributed by atoms with Crippen LogP contribution in [0.5, 0.6) is 0 Å². The number of hydrogen-bond acceptors (Lipinski definition) is 3. The number of carbonyl (C=O) groups is 1. The molecule has 0 spiro atoms. The Bertz CT molecular complexity index is 229. The minimum atomic E-state index is -1.65. The Kier molecular flexibility index (Phi) is 7.39. The Labute approximate surface area is 105 Å². The van der Waals surface area contributed by atoms with Gasteiger partial charge in [0.15, 0.2) is 5.60 Å². The van der Waals surface area contributed by atoms with Crippen LogP contribution in [0.1, 0.15) is 46.5 Å². The van der Waals surface area contributed by atoms with Crippen molar-refractivity contribution in [3.05, 3.63) is 0 Å². The summed E-state index contributed by atoms with van der Waals surface area (Å²) in [6, 6.07) is 0. The van der Waals surface area contributed by atoms with E-state index in [1.807, 2.05) is 11.9 Å². The van der Waals surface area contributed by atoms with Crippen molar-refractivity contribution in [3.63, 3.8) is 0 Å². The van der Waals surface area contributed by atoms with Gasteiger partial charge in [-0.15, -0.1) is 0 Å². The molecule has 4 heteroatoms. The molecule has 0 aliphatic heterocycles. The van der Waals surface area contributed by atoms with Crippen molar-refractivity contribution in [2.24, 2.45) is 5.92 Å². The van der Waals surface area contributed by atoms with E-state index in [9.17, 15) is 9.90 Å². The highest BCUT2D eigenvalue weighted by Gasteiger charge is 2.31. The van der Waals surface area contributed by atoms with Gasteiger partial charge in [-0.25, -0.2) is 4.79 Å². The standard InChI is InChI=1S/C13H27NO3/c1-5-7-8-11(6-2)9-14(4)10-13(3,17)12(15)16/h11,17H,5-10H2,1-4H3,(H,15,16). The predicted octanol–water partition coefficient (Wildman–Crippen LogP) is 1.97. The Morgan fingerprint density at radius 2 is 2.00 bits per heavy atom. The smallest absolute Gasteiger partial charge is 0.336 e. The summed E-state index contributed by atoms with van der Waals surface area (Å²) in [5.74, 6) is -0.574. The number of rotatable bonds is 9. The van der Waals surface area contributed by atoms with Gasteiger partial charge in [0.2, 0.25) is 0 Å². The van der Waals surface area contributed by atoms with Gasteiger partial charge in [-0.2, -0.15) is 0 Å². The first-order valence-electron chi connectivity index (χ1n) is 6.47. The summed E-state index contributed by atoms with van der Waals surface area (Å²) >= 11 is 0. The lowest BCUT2D eigenvalue weighted by molar-refractivity contribution is -0.158. The minimum absolute atomic E-state index is 0.172. The molecule has 17 heavy (non-hydrogen) atoms. The van der Waals surface area contributed by atoms with Gasteiger partial charge in [0.1, 0.15) is 0 Å². The van der Waals surface area contributed by atoms with Gasteiger partial charge in [0, 0.05) is 13.1 Å². The van der Waals surface area contributed by atoms with Gasteiger partial charge in [-0.1, -0.05) is 33.1 Å². The molecule has 0 aliphatic carbocycles. The molecule has 0 saturated heterocycles. The zero-order valence-corrected chi connectivity index (χ0v) is 11.6. The fourth-order valence-corrected chi connectivity index (χ4v) is 2.02. The number of carboxylic acid groups (broad SMARTS) is 1. The van der Waals surface area contributed by atoms with Crippen LogP contribution in [0.4, 0.5) is 0 Å². The first-order chi connectivity index (χ1) is 7.83. The zero-order valence-electron chi connectivity index (χ0n) is 11.6. The van der Waals surface area contributed by atoms with Crippen LogP contribution in [0, 0.1) is 5.92 Å². The molecule has 0 bridgehead atoms. The van der Waals surface area contributed by atoms with E-state index in [1.165, 1.54) is 26.2 Å². The minimum Gasteiger partial charge on any atom is -0.479 e. The molecule has 0 aromatic carbocycles. The second-order valence-corrected chi connectivity index (χ2v) is 5.19. The molecule has 0 amide bonds. The Balaban J connectivity index is 4.14. The van der Waals surface area contributed by atoms with Crippen LogP contribution >= 0.6 is 0 Å². The molecule has 0 aromatic heterocycles. The molecule has 2 unspecified atom stereocenters. The molecule has 0 radical (unpaired) electrons. The molecule has 0 aliphatic rings. The third kappa shape index (κ3) is 6.64. The maximum Gasteiger partial charge on any atom is 0.336 e.